The zero-order valence-corrected chi connectivity index (χ0v) is 16.9. The number of aromatic nitrogens is 1. The van der Waals surface area contributed by atoms with E-state index in [2.05, 4.69) is 31.4 Å². The number of thiophene rings is 1. The van der Waals surface area contributed by atoms with E-state index in [1.165, 1.54) is 4.88 Å². The van der Waals surface area contributed by atoms with Crippen molar-refractivity contribution in [3.63, 3.8) is 0 Å². The van der Waals surface area contributed by atoms with E-state index in [-0.39, 0.29) is 4.90 Å². The third kappa shape index (κ3) is 3.60. The Bertz CT molecular complexity index is 796. The van der Waals surface area contributed by atoms with Gasteiger partial charge in [0.05, 0.1) is 0 Å². The summed E-state index contributed by atoms with van der Waals surface area (Å²) in [6.07, 6.45) is 0.811. The fourth-order valence-corrected chi connectivity index (χ4v) is 6.24. The van der Waals surface area contributed by atoms with Gasteiger partial charge in [-0.3, -0.25) is 4.90 Å². The van der Waals surface area contributed by atoms with E-state index in [1.807, 2.05) is 6.07 Å². The summed E-state index contributed by atoms with van der Waals surface area (Å²) < 4.78 is 33.6. The molecular formula is C15H20BrN3O3S2. The lowest BCUT2D eigenvalue weighted by Gasteiger charge is -2.21. The standard InChI is InChI=1S/C15H20BrN3O3S2/c1-11-15(12(2)22-17-11)24(20,21)19-6-3-5-18(7-8-19)10-14-13(16)4-9-23-14/h4,9H,3,5-8,10H2,1-2H3. The predicted molar refractivity (Wildman–Crippen MR) is 96.6 cm³/mol. The first kappa shape index (κ1) is 18.1. The van der Waals surface area contributed by atoms with Crippen molar-refractivity contribution in [3.05, 3.63) is 32.3 Å². The maximum Gasteiger partial charge on any atom is 0.248 e. The fourth-order valence-electron chi connectivity index (χ4n) is 2.96. The number of nitrogens with zero attached hydrogens (tertiary/aromatic N) is 3. The molecule has 0 N–H and O–H groups in total. The van der Waals surface area contributed by atoms with Crippen LogP contribution in [-0.4, -0.2) is 49.0 Å². The van der Waals surface area contributed by atoms with Crippen LogP contribution in [0.25, 0.3) is 0 Å². The van der Waals surface area contributed by atoms with E-state index in [1.54, 1.807) is 29.5 Å². The number of halogens is 1. The number of rotatable bonds is 4. The van der Waals surface area contributed by atoms with Crippen molar-refractivity contribution >= 4 is 37.3 Å². The van der Waals surface area contributed by atoms with Crippen LogP contribution in [0.3, 0.4) is 0 Å². The highest BCUT2D eigenvalue weighted by atomic mass is 79.9. The molecule has 0 aromatic carbocycles. The van der Waals surface area contributed by atoms with Crippen LogP contribution in [0.1, 0.15) is 22.8 Å². The quantitative estimate of drug-likeness (QED) is 0.740. The minimum absolute atomic E-state index is 0.219. The second kappa shape index (κ2) is 7.25. The van der Waals surface area contributed by atoms with Gasteiger partial charge in [-0.2, -0.15) is 4.31 Å². The molecule has 0 amide bonds. The summed E-state index contributed by atoms with van der Waals surface area (Å²) in [5, 5.41) is 5.84. The lowest BCUT2D eigenvalue weighted by Crippen LogP contribution is -2.35. The SMILES string of the molecule is Cc1noc(C)c1S(=O)(=O)N1CCCN(Cc2sccc2Br)CC1. The smallest absolute Gasteiger partial charge is 0.248 e. The molecule has 0 spiro atoms. The van der Waals surface area contributed by atoms with E-state index >= 15 is 0 Å². The van der Waals surface area contributed by atoms with Gasteiger partial charge in [-0.25, -0.2) is 8.42 Å². The second-order valence-electron chi connectivity index (χ2n) is 5.88. The van der Waals surface area contributed by atoms with Crippen molar-refractivity contribution in [3.8, 4) is 0 Å². The Balaban J connectivity index is 1.72. The Morgan fingerprint density at radius 3 is 2.71 bits per heavy atom. The molecule has 0 bridgehead atoms. The maximum atomic E-state index is 12.9. The molecule has 1 fully saturated rings. The zero-order chi connectivity index (χ0) is 17.3. The van der Waals surface area contributed by atoms with Crippen LogP contribution in [0.5, 0.6) is 0 Å². The van der Waals surface area contributed by atoms with Crippen LogP contribution >= 0.6 is 27.3 Å². The molecule has 3 rings (SSSR count). The van der Waals surface area contributed by atoms with Crippen molar-refractivity contribution in [2.75, 3.05) is 26.2 Å². The van der Waals surface area contributed by atoms with Crippen LogP contribution in [0.15, 0.2) is 25.3 Å². The molecule has 1 saturated heterocycles. The van der Waals surface area contributed by atoms with E-state index < -0.39 is 10.0 Å². The summed E-state index contributed by atoms with van der Waals surface area (Å²) in [7, 11) is -3.55. The first-order valence-electron chi connectivity index (χ1n) is 7.77. The molecule has 2 aromatic heterocycles. The largest absolute Gasteiger partial charge is 0.360 e. The molecule has 1 aliphatic heterocycles. The minimum atomic E-state index is -3.55. The van der Waals surface area contributed by atoms with Crippen molar-refractivity contribution in [2.45, 2.75) is 31.7 Å². The van der Waals surface area contributed by atoms with Crippen LogP contribution in [0, 0.1) is 13.8 Å². The van der Waals surface area contributed by atoms with Crippen molar-refractivity contribution in [1.82, 2.24) is 14.4 Å². The molecule has 24 heavy (non-hydrogen) atoms. The minimum Gasteiger partial charge on any atom is -0.360 e. The molecule has 132 valence electrons. The van der Waals surface area contributed by atoms with Gasteiger partial charge in [0.2, 0.25) is 10.0 Å². The Kier molecular flexibility index (Phi) is 5.45. The fraction of sp³-hybridized carbons (Fsp3) is 0.533. The highest BCUT2D eigenvalue weighted by molar-refractivity contribution is 9.10. The normalized spacial score (nSPS) is 18.0. The molecule has 9 heteroatoms. The first-order chi connectivity index (χ1) is 11.4. The molecule has 0 radical (unpaired) electrons. The van der Waals surface area contributed by atoms with Gasteiger partial charge in [0, 0.05) is 35.5 Å². The third-order valence-corrected chi connectivity index (χ3v) is 8.23. The van der Waals surface area contributed by atoms with Gasteiger partial charge in [-0.05, 0) is 54.2 Å². The van der Waals surface area contributed by atoms with Gasteiger partial charge < -0.3 is 4.52 Å². The third-order valence-electron chi connectivity index (χ3n) is 4.17. The van der Waals surface area contributed by atoms with Crippen LogP contribution in [0.4, 0.5) is 0 Å². The van der Waals surface area contributed by atoms with Gasteiger partial charge in [0.25, 0.3) is 0 Å². The van der Waals surface area contributed by atoms with Gasteiger partial charge in [0.15, 0.2) is 5.76 Å². The average Bonchev–Trinajstić information content (AvgIpc) is 2.97. The van der Waals surface area contributed by atoms with Gasteiger partial charge in [0.1, 0.15) is 10.6 Å². The number of hydrogen-bond donors (Lipinski definition) is 0. The monoisotopic (exact) mass is 433 g/mol. The van der Waals surface area contributed by atoms with E-state index in [9.17, 15) is 8.42 Å². The van der Waals surface area contributed by atoms with E-state index in [4.69, 9.17) is 4.52 Å². The summed E-state index contributed by atoms with van der Waals surface area (Å²) in [5.41, 5.74) is 0.427. The number of hydrogen-bond acceptors (Lipinski definition) is 6. The summed E-state index contributed by atoms with van der Waals surface area (Å²) >= 11 is 5.28. The Labute approximate surface area is 154 Å². The summed E-state index contributed by atoms with van der Waals surface area (Å²) in [6, 6.07) is 2.05. The maximum absolute atomic E-state index is 12.9. The summed E-state index contributed by atoms with van der Waals surface area (Å²) in [5.74, 6) is 0.358. The Morgan fingerprint density at radius 1 is 1.29 bits per heavy atom. The molecule has 2 aromatic rings. The Morgan fingerprint density at radius 2 is 2.08 bits per heavy atom. The van der Waals surface area contributed by atoms with Crippen molar-refractivity contribution in [1.29, 1.82) is 0 Å². The summed E-state index contributed by atoms with van der Waals surface area (Å²) in [4.78, 5) is 3.80. The van der Waals surface area contributed by atoms with Gasteiger partial charge in [-0.15, -0.1) is 11.3 Å². The molecule has 1 aliphatic rings. The average molecular weight is 434 g/mol. The molecule has 0 aliphatic carbocycles. The van der Waals surface area contributed by atoms with Crippen molar-refractivity contribution < 1.29 is 12.9 Å². The Hall–Kier alpha value is -0.740. The lowest BCUT2D eigenvalue weighted by atomic mass is 10.3. The summed E-state index contributed by atoms with van der Waals surface area (Å²) in [6.45, 7) is 6.76. The molecule has 0 atom stereocenters. The molecule has 6 nitrogen and oxygen atoms in total. The topological polar surface area (TPSA) is 66.7 Å². The molecule has 3 heterocycles. The first-order valence-corrected chi connectivity index (χ1v) is 10.9. The predicted octanol–water partition coefficient (Wildman–Crippen LogP) is 3.01. The van der Waals surface area contributed by atoms with E-state index in [0.29, 0.717) is 31.1 Å². The van der Waals surface area contributed by atoms with Crippen LogP contribution in [0.2, 0.25) is 0 Å². The van der Waals surface area contributed by atoms with Gasteiger partial charge in [-0.1, -0.05) is 5.16 Å². The molecular weight excluding hydrogens is 414 g/mol. The lowest BCUT2D eigenvalue weighted by molar-refractivity contribution is 0.280. The zero-order valence-electron chi connectivity index (χ0n) is 13.7. The molecule has 0 saturated carbocycles. The second-order valence-corrected chi connectivity index (χ2v) is 9.61. The van der Waals surface area contributed by atoms with E-state index in [0.717, 1.165) is 24.0 Å². The highest BCUT2D eigenvalue weighted by Crippen LogP contribution is 2.26. The van der Waals surface area contributed by atoms with Gasteiger partial charge >= 0.3 is 0 Å². The number of aryl methyl sites for hydroxylation is 2. The highest BCUT2D eigenvalue weighted by Gasteiger charge is 2.32. The van der Waals surface area contributed by atoms with Crippen LogP contribution < -0.4 is 0 Å². The van der Waals surface area contributed by atoms with Crippen molar-refractivity contribution in [2.24, 2.45) is 0 Å². The number of sulfonamides is 1. The molecule has 0 unspecified atom stereocenters. The van der Waals surface area contributed by atoms with Crippen LogP contribution in [-0.2, 0) is 16.6 Å².